The summed E-state index contributed by atoms with van der Waals surface area (Å²) in [7, 11) is 0. The van der Waals surface area contributed by atoms with E-state index in [1.807, 2.05) is 0 Å². The second-order valence-electron chi connectivity index (χ2n) is 8.20. The zero-order valence-electron chi connectivity index (χ0n) is 17.2. The molecule has 1 aliphatic heterocycles. The number of nitrogens with one attached hydrogen (secondary N) is 2. The highest BCUT2D eigenvalue weighted by molar-refractivity contribution is 5.87. The summed E-state index contributed by atoms with van der Waals surface area (Å²) in [6, 6.07) is 25.7. The molecule has 1 aliphatic carbocycles. The first-order chi connectivity index (χ1) is 14.7. The van der Waals surface area contributed by atoms with Crippen LogP contribution in [0.2, 0.25) is 0 Å². The van der Waals surface area contributed by atoms with Gasteiger partial charge in [0.25, 0.3) is 0 Å². The minimum atomic E-state index is 0.00704. The van der Waals surface area contributed by atoms with Gasteiger partial charge in [-0.3, -0.25) is 0 Å². The van der Waals surface area contributed by atoms with E-state index in [0.29, 0.717) is 5.92 Å². The first kappa shape index (κ1) is 18.7. The van der Waals surface area contributed by atoms with Gasteiger partial charge in [-0.05, 0) is 52.8 Å². The molecule has 0 saturated heterocycles. The maximum absolute atomic E-state index is 6.42. The fourth-order valence-electron chi connectivity index (χ4n) is 4.58. The Morgan fingerprint density at radius 3 is 2.37 bits per heavy atom. The molecular weight excluding hydrogens is 366 g/mol. The zero-order valence-corrected chi connectivity index (χ0v) is 17.2. The van der Waals surface area contributed by atoms with E-state index in [0.717, 1.165) is 24.3 Å². The van der Waals surface area contributed by atoms with Crippen LogP contribution in [0.3, 0.4) is 0 Å². The van der Waals surface area contributed by atoms with Gasteiger partial charge in [-0.25, -0.2) is 0 Å². The quantitative estimate of drug-likeness (QED) is 0.495. The molecule has 5 rings (SSSR count). The zero-order chi connectivity index (χ0) is 20.5. The molecule has 2 unspecified atom stereocenters. The van der Waals surface area contributed by atoms with E-state index >= 15 is 0 Å². The molecule has 4 N–H and O–H groups in total. The minimum absolute atomic E-state index is 0.00704. The monoisotopic (exact) mass is 393 g/mol. The molecule has 2 aliphatic rings. The standard InChI is InChI=1S/C27H27N3/c1-18-9-8-14-25(26(18)20-12-6-3-7-13-20)30-21-15-22(19-10-4-2-5-11-19)27-23(16-21)24(28)17-29-27/h2-8,10-16,18,24,29-30H,9,17,28H2,1H3. The van der Waals surface area contributed by atoms with Crippen LogP contribution in [-0.2, 0) is 0 Å². The summed E-state index contributed by atoms with van der Waals surface area (Å²) in [4.78, 5) is 0. The summed E-state index contributed by atoms with van der Waals surface area (Å²) in [5, 5.41) is 7.24. The molecule has 3 nitrogen and oxygen atoms in total. The van der Waals surface area contributed by atoms with Gasteiger partial charge >= 0.3 is 0 Å². The van der Waals surface area contributed by atoms with E-state index in [2.05, 4.69) is 103 Å². The largest absolute Gasteiger partial charge is 0.382 e. The molecule has 150 valence electrons. The van der Waals surface area contributed by atoms with Crippen LogP contribution >= 0.6 is 0 Å². The van der Waals surface area contributed by atoms with Crippen LogP contribution in [0.15, 0.2) is 90.6 Å². The van der Waals surface area contributed by atoms with Gasteiger partial charge in [0.15, 0.2) is 0 Å². The summed E-state index contributed by atoms with van der Waals surface area (Å²) >= 11 is 0. The SMILES string of the molecule is CC1CC=CC(Nc2cc(-c3ccccc3)c3c(c2)C(N)CN3)=C1c1ccccc1. The number of hydrogen-bond donors (Lipinski definition) is 3. The Hall–Kier alpha value is -3.30. The predicted octanol–water partition coefficient (Wildman–Crippen LogP) is 6.20. The Kier molecular flexibility index (Phi) is 4.89. The van der Waals surface area contributed by atoms with Crippen molar-refractivity contribution in [1.82, 2.24) is 0 Å². The van der Waals surface area contributed by atoms with Crippen LogP contribution < -0.4 is 16.4 Å². The van der Waals surface area contributed by atoms with Gasteiger partial charge in [0.05, 0.1) is 0 Å². The second kappa shape index (κ2) is 7.85. The Labute approximate surface area is 178 Å². The Balaban J connectivity index is 1.61. The molecule has 0 aromatic heterocycles. The van der Waals surface area contributed by atoms with Crippen molar-refractivity contribution >= 4 is 16.9 Å². The lowest BCUT2D eigenvalue weighted by Gasteiger charge is -2.24. The van der Waals surface area contributed by atoms with Gasteiger partial charge < -0.3 is 16.4 Å². The van der Waals surface area contributed by atoms with Crippen molar-refractivity contribution in [2.45, 2.75) is 19.4 Å². The van der Waals surface area contributed by atoms with E-state index in [4.69, 9.17) is 5.73 Å². The van der Waals surface area contributed by atoms with Crippen LogP contribution in [0, 0.1) is 5.92 Å². The highest BCUT2D eigenvalue weighted by Gasteiger charge is 2.24. The summed E-state index contributed by atoms with van der Waals surface area (Å²) in [6.45, 7) is 3.07. The van der Waals surface area contributed by atoms with Gasteiger partial charge in [-0.15, -0.1) is 0 Å². The topological polar surface area (TPSA) is 50.1 Å². The normalized spacial score (nSPS) is 20.1. The van der Waals surface area contributed by atoms with Crippen LogP contribution in [0.25, 0.3) is 16.7 Å². The number of rotatable bonds is 4. The van der Waals surface area contributed by atoms with Crippen LogP contribution in [0.1, 0.15) is 30.5 Å². The van der Waals surface area contributed by atoms with E-state index in [1.165, 1.54) is 33.5 Å². The molecule has 0 fully saturated rings. The third-order valence-corrected chi connectivity index (χ3v) is 6.07. The van der Waals surface area contributed by atoms with Crippen molar-refractivity contribution in [2.24, 2.45) is 11.7 Å². The fraction of sp³-hybridized carbons (Fsp3) is 0.185. The van der Waals surface area contributed by atoms with Crippen molar-refractivity contribution in [2.75, 3.05) is 17.2 Å². The molecule has 2 atom stereocenters. The van der Waals surface area contributed by atoms with Crippen molar-refractivity contribution in [3.05, 3.63) is 102 Å². The van der Waals surface area contributed by atoms with E-state index in [9.17, 15) is 0 Å². The number of benzene rings is 3. The maximum Gasteiger partial charge on any atom is 0.0492 e. The highest BCUT2D eigenvalue weighted by Crippen LogP contribution is 2.41. The first-order valence-corrected chi connectivity index (χ1v) is 10.7. The molecule has 0 spiro atoms. The molecule has 0 amide bonds. The Morgan fingerprint density at radius 2 is 1.63 bits per heavy atom. The van der Waals surface area contributed by atoms with Gasteiger partial charge in [0, 0.05) is 35.2 Å². The summed E-state index contributed by atoms with van der Waals surface area (Å²) in [6.07, 6.45) is 5.54. The minimum Gasteiger partial charge on any atom is -0.382 e. The van der Waals surface area contributed by atoms with Gasteiger partial charge in [0.1, 0.15) is 0 Å². The molecule has 0 radical (unpaired) electrons. The first-order valence-electron chi connectivity index (χ1n) is 10.7. The second-order valence-corrected chi connectivity index (χ2v) is 8.20. The average Bonchev–Trinajstić information content (AvgIpc) is 3.15. The van der Waals surface area contributed by atoms with E-state index < -0.39 is 0 Å². The lowest BCUT2D eigenvalue weighted by molar-refractivity contribution is 0.752. The molecule has 3 aromatic carbocycles. The van der Waals surface area contributed by atoms with Crippen molar-refractivity contribution < 1.29 is 0 Å². The average molecular weight is 394 g/mol. The molecule has 3 heteroatoms. The third-order valence-electron chi connectivity index (χ3n) is 6.07. The Bertz CT molecular complexity index is 1110. The summed E-state index contributed by atoms with van der Waals surface area (Å²) in [5.41, 5.74) is 16.0. The molecule has 0 saturated carbocycles. The summed E-state index contributed by atoms with van der Waals surface area (Å²) in [5.74, 6) is 0.465. The van der Waals surface area contributed by atoms with Gasteiger partial charge in [0.2, 0.25) is 0 Å². The number of fused-ring (bicyclic) bond motifs is 1. The smallest absolute Gasteiger partial charge is 0.0492 e. The van der Waals surface area contributed by atoms with E-state index in [1.54, 1.807) is 0 Å². The molecular formula is C27H27N3. The number of allylic oxidation sites excluding steroid dienone is 3. The van der Waals surface area contributed by atoms with Crippen LogP contribution in [0.5, 0.6) is 0 Å². The van der Waals surface area contributed by atoms with Crippen molar-refractivity contribution in [1.29, 1.82) is 0 Å². The lowest BCUT2D eigenvalue weighted by Crippen LogP contribution is -2.12. The number of hydrogen-bond acceptors (Lipinski definition) is 3. The molecule has 1 heterocycles. The van der Waals surface area contributed by atoms with Crippen LogP contribution in [0.4, 0.5) is 11.4 Å². The molecule has 30 heavy (non-hydrogen) atoms. The third kappa shape index (κ3) is 3.42. The molecule has 0 bridgehead atoms. The lowest BCUT2D eigenvalue weighted by atomic mass is 9.86. The maximum atomic E-state index is 6.42. The fourth-order valence-corrected chi connectivity index (χ4v) is 4.58. The van der Waals surface area contributed by atoms with Crippen molar-refractivity contribution in [3.8, 4) is 11.1 Å². The number of anilines is 2. The Morgan fingerprint density at radius 1 is 0.933 bits per heavy atom. The highest BCUT2D eigenvalue weighted by atomic mass is 15.0. The predicted molar refractivity (Wildman–Crippen MR) is 127 cm³/mol. The van der Waals surface area contributed by atoms with Crippen LogP contribution in [-0.4, -0.2) is 6.54 Å². The van der Waals surface area contributed by atoms with Gasteiger partial charge in [-0.1, -0.05) is 73.7 Å². The molecule has 3 aromatic rings. The number of nitrogens with two attached hydrogens (primary N) is 1. The van der Waals surface area contributed by atoms with Gasteiger partial charge in [-0.2, -0.15) is 0 Å². The van der Waals surface area contributed by atoms with Crippen molar-refractivity contribution in [3.63, 3.8) is 0 Å². The summed E-state index contributed by atoms with van der Waals surface area (Å²) < 4.78 is 0. The van der Waals surface area contributed by atoms with E-state index in [-0.39, 0.29) is 6.04 Å².